The van der Waals surface area contributed by atoms with E-state index in [1.807, 2.05) is 42.5 Å². The zero-order valence-corrected chi connectivity index (χ0v) is 15.8. The second-order valence-corrected chi connectivity index (χ2v) is 8.15. The molecule has 0 spiro atoms. The van der Waals surface area contributed by atoms with Gasteiger partial charge in [-0.05, 0) is 68.7 Å². The van der Waals surface area contributed by atoms with Gasteiger partial charge in [0.15, 0.2) is 11.5 Å². The van der Waals surface area contributed by atoms with E-state index in [0.717, 1.165) is 46.4 Å². The minimum atomic E-state index is -0.945. The van der Waals surface area contributed by atoms with Crippen LogP contribution in [0.1, 0.15) is 40.8 Å². The van der Waals surface area contributed by atoms with Gasteiger partial charge in [-0.15, -0.1) is 0 Å². The lowest BCUT2D eigenvalue weighted by molar-refractivity contribution is -0.118. The molecule has 1 aromatic heterocycles. The molecule has 3 N–H and O–H groups in total. The van der Waals surface area contributed by atoms with E-state index in [-0.39, 0.29) is 15.6 Å². The average Bonchev–Trinajstić information content (AvgIpc) is 3.13. The fraction of sp³-hybridized carbons (Fsp3) is 0.318. The number of ether oxygens (including phenoxy) is 2. The Balaban J connectivity index is 0.00000128. The fourth-order valence-electron chi connectivity index (χ4n) is 3.76. The van der Waals surface area contributed by atoms with Crippen molar-refractivity contribution in [2.24, 2.45) is 0 Å². The average molecular weight is 382 g/mol. The molecule has 2 aromatic carbocycles. The Morgan fingerprint density at radius 1 is 1.14 bits per heavy atom. The number of hydrogen-bond donors (Lipinski definition) is 3. The molecule has 148 valence electrons. The predicted molar refractivity (Wildman–Crippen MR) is 110 cm³/mol. The van der Waals surface area contributed by atoms with Crippen LogP contribution in [0.5, 0.6) is 11.5 Å². The number of aromatic nitrogens is 1. The molecular formula is C22H26N2O4. The highest BCUT2D eigenvalue weighted by molar-refractivity contribution is 6.02. The van der Waals surface area contributed by atoms with Gasteiger partial charge in [0.2, 0.25) is 12.7 Å². The molecule has 0 saturated heterocycles. The molecule has 1 aliphatic carbocycles. The van der Waals surface area contributed by atoms with Crippen molar-refractivity contribution < 1.29 is 22.2 Å². The van der Waals surface area contributed by atoms with Crippen molar-refractivity contribution in [1.29, 1.82) is 0 Å². The van der Waals surface area contributed by atoms with E-state index in [1.165, 1.54) is 0 Å². The van der Waals surface area contributed by atoms with Crippen molar-refractivity contribution in [3.63, 3.8) is 0 Å². The highest BCUT2D eigenvalue weighted by Crippen LogP contribution is 2.51. The minimum Gasteiger partial charge on any atom is -0.454 e. The summed E-state index contributed by atoms with van der Waals surface area (Å²) in [5.41, 5.74) is 1.91. The summed E-state index contributed by atoms with van der Waals surface area (Å²) in [6.45, 7) is 3.70. The summed E-state index contributed by atoms with van der Waals surface area (Å²) >= 11 is 0. The zero-order chi connectivity index (χ0) is 19.5. The first-order valence-corrected chi connectivity index (χ1v) is 9.42. The van der Waals surface area contributed by atoms with Crippen LogP contribution < -0.4 is 14.8 Å². The largest absolute Gasteiger partial charge is 0.454 e. The van der Waals surface area contributed by atoms with Crippen LogP contribution in [0.25, 0.3) is 10.9 Å². The van der Waals surface area contributed by atoms with Crippen molar-refractivity contribution in [3.8, 4) is 11.5 Å². The van der Waals surface area contributed by atoms with Crippen LogP contribution in [0.2, 0.25) is 0 Å². The van der Waals surface area contributed by atoms with Gasteiger partial charge in [0, 0.05) is 25.1 Å². The molecule has 0 unspecified atom stereocenters. The Morgan fingerprint density at radius 2 is 1.93 bits per heavy atom. The number of aromatic amines is 1. The van der Waals surface area contributed by atoms with E-state index in [2.05, 4.69) is 10.3 Å². The normalized spacial score (nSPS) is 17.0. The molecule has 1 aliphatic heterocycles. The van der Waals surface area contributed by atoms with E-state index >= 15 is 0 Å². The molecule has 2 heterocycles. The maximum atomic E-state index is 13.1. The first-order valence-electron chi connectivity index (χ1n) is 9.42. The molecule has 3 aromatic rings. The van der Waals surface area contributed by atoms with Crippen molar-refractivity contribution >= 4 is 22.5 Å². The molecule has 2 aliphatic rings. The molecule has 6 nitrogen and oxygen atoms in total. The van der Waals surface area contributed by atoms with E-state index in [1.54, 1.807) is 13.8 Å². The highest BCUT2D eigenvalue weighted by Gasteiger charge is 2.51. The minimum absolute atomic E-state index is 0. The molecule has 1 saturated carbocycles. The number of anilines is 1. The lowest BCUT2D eigenvalue weighted by atomic mass is 9.94. The SMILES string of the molecule is CC(C)(O)c1cc2cc(NC(=O)C3(c4ccc5c(c4)OCO5)CC3)ccc2[nH]1.[HH].[HH]. The van der Waals surface area contributed by atoms with Crippen LogP contribution in [0, 0.1) is 0 Å². The standard InChI is InChI=1S/C22H22N2O4.2H2/c1-21(2,26)19-10-13-9-15(4-5-16(13)24-19)23-20(25)22(7-8-22)14-3-6-17-18(11-14)28-12-27-17;;/h3-6,9-11,24,26H,7-8,12H2,1-2H3,(H,23,25);2*1H. The number of H-pyrrole nitrogens is 1. The molecule has 6 heteroatoms. The Hall–Kier alpha value is -2.99. The van der Waals surface area contributed by atoms with Gasteiger partial charge in [0.05, 0.1) is 11.0 Å². The fourth-order valence-corrected chi connectivity index (χ4v) is 3.76. The Kier molecular flexibility index (Phi) is 3.52. The highest BCUT2D eigenvalue weighted by atomic mass is 16.7. The second kappa shape index (κ2) is 5.75. The Labute approximate surface area is 165 Å². The monoisotopic (exact) mass is 382 g/mol. The van der Waals surface area contributed by atoms with Crippen LogP contribution in [-0.2, 0) is 15.8 Å². The van der Waals surface area contributed by atoms with Crippen molar-refractivity contribution in [3.05, 3.63) is 53.7 Å². The van der Waals surface area contributed by atoms with Gasteiger partial charge in [-0.3, -0.25) is 4.79 Å². The van der Waals surface area contributed by atoms with E-state index in [0.29, 0.717) is 5.75 Å². The van der Waals surface area contributed by atoms with E-state index in [9.17, 15) is 9.90 Å². The zero-order valence-electron chi connectivity index (χ0n) is 15.8. The van der Waals surface area contributed by atoms with E-state index in [4.69, 9.17) is 9.47 Å². The second-order valence-electron chi connectivity index (χ2n) is 8.15. The number of carbonyl (C=O) groups excluding carboxylic acids is 1. The van der Waals surface area contributed by atoms with Gasteiger partial charge in [-0.2, -0.15) is 0 Å². The summed E-state index contributed by atoms with van der Waals surface area (Å²) in [4.78, 5) is 16.3. The number of fused-ring (bicyclic) bond motifs is 2. The number of carbonyl (C=O) groups is 1. The number of benzene rings is 2. The van der Waals surface area contributed by atoms with Gasteiger partial charge in [-0.1, -0.05) is 6.07 Å². The molecular weight excluding hydrogens is 356 g/mol. The third-order valence-electron chi connectivity index (χ3n) is 5.65. The molecule has 1 amide bonds. The van der Waals surface area contributed by atoms with Crippen LogP contribution in [0.4, 0.5) is 5.69 Å². The topological polar surface area (TPSA) is 83.6 Å². The number of rotatable bonds is 4. The third-order valence-corrected chi connectivity index (χ3v) is 5.65. The summed E-state index contributed by atoms with van der Waals surface area (Å²) < 4.78 is 10.8. The van der Waals surface area contributed by atoms with Crippen molar-refractivity contribution in [2.45, 2.75) is 37.7 Å². The van der Waals surface area contributed by atoms with Crippen molar-refractivity contribution in [1.82, 2.24) is 4.98 Å². The molecule has 5 rings (SSSR count). The Bertz CT molecular complexity index is 1100. The summed E-state index contributed by atoms with van der Waals surface area (Å²) in [7, 11) is 0. The molecule has 28 heavy (non-hydrogen) atoms. The van der Waals surface area contributed by atoms with Crippen LogP contribution in [0.3, 0.4) is 0 Å². The van der Waals surface area contributed by atoms with Gasteiger partial charge < -0.3 is 24.9 Å². The third kappa shape index (κ3) is 2.72. The number of nitrogens with one attached hydrogen (secondary N) is 2. The molecule has 0 atom stereocenters. The molecule has 1 fully saturated rings. The number of hydrogen-bond acceptors (Lipinski definition) is 4. The lowest BCUT2D eigenvalue weighted by Crippen LogP contribution is -2.27. The van der Waals surface area contributed by atoms with Gasteiger partial charge in [0.1, 0.15) is 0 Å². The van der Waals surface area contributed by atoms with E-state index < -0.39 is 11.0 Å². The van der Waals surface area contributed by atoms with Gasteiger partial charge >= 0.3 is 0 Å². The maximum absolute atomic E-state index is 13.1. The summed E-state index contributed by atoms with van der Waals surface area (Å²) in [6.07, 6.45) is 1.63. The Morgan fingerprint density at radius 3 is 2.68 bits per heavy atom. The van der Waals surface area contributed by atoms with Gasteiger partial charge in [0.25, 0.3) is 0 Å². The van der Waals surface area contributed by atoms with Gasteiger partial charge in [-0.25, -0.2) is 0 Å². The first kappa shape index (κ1) is 17.1. The van der Waals surface area contributed by atoms with Crippen LogP contribution in [0.15, 0.2) is 42.5 Å². The quantitative estimate of drug-likeness (QED) is 0.629. The smallest absolute Gasteiger partial charge is 0.235 e. The lowest BCUT2D eigenvalue weighted by Gasteiger charge is -2.16. The summed E-state index contributed by atoms with van der Waals surface area (Å²) in [5, 5.41) is 14.2. The van der Waals surface area contributed by atoms with Crippen molar-refractivity contribution in [2.75, 3.05) is 12.1 Å². The summed E-state index contributed by atoms with van der Waals surface area (Å²) in [6, 6.07) is 13.4. The molecule has 0 bridgehead atoms. The maximum Gasteiger partial charge on any atom is 0.235 e. The van der Waals surface area contributed by atoms with Crippen LogP contribution >= 0.6 is 0 Å². The predicted octanol–water partition coefficient (Wildman–Crippen LogP) is 4.29. The number of amides is 1. The first-order chi connectivity index (χ1) is 13.3. The molecule has 0 radical (unpaired) electrons. The summed E-state index contributed by atoms with van der Waals surface area (Å²) in [5.74, 6) is 1.41. The number of aliphatic hydroxyl groups is 1. The van der Waals surface area contributed by atoms with Crippen LogP contribution in [-0.4, -0.2) is 22.8 Å².